The molecule has 31 heteroatoms. The molecule has 0 atom stereocenters. The molecule has 21 nitrogen and oxygen atoms in total. The summed E-state index contributed by atoms with van der Waals surface area (Å²) in [6, 6.07) is 0. The van der Waals surface area contributed by atoms with Crippen molar-refractivity contribution in [3.63, 3.8) is 0 Å². The van der Waals surface area contributed by atoms with Gasteiger partial charge in [0, 0.05) is 0 Å². The second-order valence-corrected chi connectivity index (χ2v) is 10.3. The Morgan fingerprint density at radius 2 is 0.355 bits per heavy atom. The fraction of sp³-hybridized carbons (Fsp3) is 0. The van der Waals surface area contributed by atoms with E-state index in [4.69, 9.17) is 0 Å². The maximum Gasteiger partial charge on any atom is 3.00 e. The topological polar surface area (TPSA) is 407 Å². The van der Waals surface area contributed by atoms with Gasteiger partial charge in [0.2, 0.25) is 0 Å². The van der Waals surface area contributed by atoms with Gasteiger partial charge in [-0.25, -0.2) is 0 Å². The van der Waals surface area contributed by atoms with Crippen molar-refractivity contribution in [2.24, 2.45) is 0 Å². The fourth-order valence-electron chi connectivity index (χ4n) is 0.367. The maximum absolute atomic E-state index is 9.32. The maximum atomic E-state index is 9.32. The molecule has 0 unspecified atom stereocenters. The summed E-state index contributed by atoms with van der Waals surface area (Å²) < 4.78 is 63.5. The van der Waals surface area contributed by atoms with E-state index in [1.807, 2.05) is 0 Å². The second kappa shape index (κ2) is 21.1. The van der Waals surface area contributed by atoms with Gasteiger partial charge in [0.25, 0.3) is 0 Å². The molecular formula is O21P6Y4. The first-order valence-corrected chi connectivity index (χ1v) is 13.1. The van der Waals surface area contributed by atoms with E-state index in [1.54, 1.807) is 0 Å². The van der Waals surface area contributed by atoms with Crippen LogP contribution < -0.4 is 58.7 Å². The van der Waals surface area contributed by atoms with Gasteiger partial charge in [0.1, 0.15) is 0 Å². The van der Waals surface area contributed by atoms with Crippen molar-refractivity contribution < 1.29 is 230 Å². The summed E-state index contributed by atoms with van der Waals surface area (Å²) in [6.07, 6.45) is 0. The van der Waals surface area contributed by atoms with E-state index in [9.17, 15) is 86.1 Å². The van der Waals surface area contributed by atoms with Crippen LogP contribution in [0.25, 0.3) is 0 Å². The molecule has 0 aromatic carbocycles. The number of phosphoric acid groups is 6. The minimum absolute atomic E-state index is 0. The van der Waals surface area contributed by atoms with Crippen LogP contribution in [0.1, 0.15) is 0 Å². The Labute approximate surface area is 272 Å². The normalized spacial score (nSPS) is 12.0. The van der Waals surface area contributed by atoms with Crippen LogP contribution >= 0.6 is 46.9 Å². The predicted octanol–water partition coefficient (Wildman–Crippen LogP) is -10.0. The van der Waals surface area contributed by atoms with Crippen molar-refractivity contribution in [2.45, 2.75) is 0 Å². The van der Waals surface area contributed by atoms with Gasteiger partial charge in [-0.1, -0.05) is 0 Å². The molecule has 0 bridgehead atoms. The van der Waals surface area contributed by atoms with Crippen molar-refractivity contribution in [1.82, 2.24) is 0 Å². The third-order valence-corrected chi connectivity index (χ3v) is 5.40. The number of hydrogen-bond acceptors (Lipinski definition) is 21. The van der Waals surface area contributed by atoms with E-state index < -0.39 is 46.9 Å². The zero-order chi connectivity index (χ0) is 23.1. The molecule has 0 saturated heterocycles. The summed E-state index contributed by atoms with van der Waals surface area (Å²) in [5.74, 6) is 0. The van der Waals surface area contributed by atoms with Crippen LogP contribution in [0.15, 0.2) is 0 Å². The van der Waals surface area contributed by atoms with E-state index in [0.717, 1.165) is 0 Å². The van der Waals surface area contributed by atoms with Crippen LogP contribution in [0.2, 0.25) is 0 Å². The van der Waals surface area contributed by atoms with Crippen LogP contribution in [0.4, 0.5) is 0 Å². The molecule has 0 fully saturated rings. The fourth-order valence-corrected chi connectivity index (χ4v) is 3.31. The van der Waals surface area contributed by atoms with E-state index in [1.165, 1.54) is 0 Å². The SMILES string of the molecule is O=P([O-])([O-])OP(=O)([O-])[O-].O=P([O-])([O-])OP(=O)([O-])[O-].O=P([O-])([O-])OP(=O)([O-])[O-].[Y+3].[Y+3].[Y+3].[Y+3]. The Morgan fingerprint density at radius 1 is 0.290 bits per heavy atom. The summed E-state index contributed by atoms with van der Waals surface area (Å²) in [6.45, 7) is 0. The summed E-state index contributed by atoms with van der Waals surface area (Å²) in [5.41, 5.74) is 0. The van der Waals surface area contributed by atoms with Crippen LogP contribution in [0.3, 0.4) is 0 Å². The smallest absolute Gasteiger partial charge is 0.790 e. The van der Waals surface area contributed by atoms with Crippen molar-refractivity contribution in [3.05, 3.63) is 0 Å². The van der Waals surface area contributed by atoms with Crippen molar-refractivity contribution in [1.29, 1.82) is 0 Å². The number of hydrogen-bond donors (Lipinski definition) is 0. The molecule has 168 valence electrons. The molecule has 0 aromatic heterocycles. The summed E-state index contributed by atoms with van der Waals surface area (Å²) >= 11 is 0. The molecule has 0 rings (SSSR count). The molecule has 31 heavy (non-hydrogen) atoms. The molecule has 0 spiro atoms. The standard InChI is InChI=1S/3H4O7P2.4Y/c3*1-8(2,3)7-9(4,5)6;;;;/h3*(H2,1,2,3)(H2,4,5,6);;;;/q;;;4*+3/p-12. The molecular weight excluding hydrogens is 877 g/mol. The molecule has 0 amide bonds. The van der Waals surface area contributed by atoms with Gasteiger partial charge in [0.15, 0.2) is 0 Å². The summed E-state index contributed by atoms with van der Waals surface area (Å²) in [7, 11) is -34.1. The van der Waals surface area contributed by atoms with Crippen LogP contribution in [0, 0.1) is 0 Å². The predicted molar refractivity (Wildman–Crippen MR) is 48.9 cm³/mol. The summed E-state index contributed by atoms with van der Waals surface area (Å²) in [5, 5.41) is 0. The van der Waals surface area contributed by atoms with E-state index in [0.29, 0.717) is 0 Å². The summed E-state index contributed by atoms with van der Waals surface area (Å²) in [4.78, 5) is 112. The molecule has 0 N–H and O–H groups in total. The average Bonchev–Trinajstić information content (AvgIpc) is 1.96. The van der Waals surface area contributed by atoms with Gasteiger partial charge in [-0.15, -0.1) is 0 Å². The minimum atomic E-state index is -5.68. The minimum Gasteiger partial charge on any atom is -0.790 e. The second-order valence-electron chi connectivity index (χ2n) is 2.93. The van der Waals surface area contributed by atoms with Gasteiger partial charge >= 0.3 is 131 Å². The van der Waals surface area contributed by atoms with E-state index in [-0.39, 0.29) is 131 Å². The zero-order valence-electron chi connectivity index (χ0n) is 13.6. The monoisotopic (exact) mass is 877 g/mol. The van der Waals surface area contributed by atoms with Gasteiger partial charge in [-0.3, -0.25) is 0 Å². The molecule has 0 aliphatic heterocycles. The average molecular weight is 877 g/mol. The van der Waals surface area contributed by atoms with Gasteiger partial charge < -0.3 is 99.0 Å². The van der Waals surface area contributed by atoms with Crippen LogP contribution in [-0.4, -0.2) is 0 Å². The third-order valence-electron chi connectivity index (χ3n) is 0.600. The third kappa shape index (κ3) is 72.1. The van der Waals surface area contributed by atoms with Crippen LogP contribution in [0.5, 0.6) is 0 Å². The zero-order valence-corrected chi connectivity index (χ0v) is 30.3. The van der Waals surface area contributed by atoms with E-state index >= 15 is 0 Å². The van der Waals surface area contributed by atoms with Gasteiger partial charge in [0.05, 0.1) is 46.9 Å². The first-order chi connectivity index (χ1) is 11.1. The van der Waals surface area contributed by atoms with Crippen molar-refractivity contribution >= 4 is 46.9 Å². The quantitative estimate of drug-likeness (QED) is 0.224. The largest absolute Gasteiger partial charge is 3.00 e. The Hall–Kier alpha value is 5.20. The Morgan fingerprint density at radius 3 is 0.355 bits per heavy atom. The molecule has 0 saturated carbocycles. The molecule has 0 aromatic rings. The molecule has 0 heterocycles. The van der Waals surface area contributed by atoms with Gasteiger partial charge in [-0.05, 0) is 0 Å². The van der Waals surface area contributed by atoms with Gasteiger partial charge in [-0.2, -0.15) is 0 Å². The number of rotatable bonds is 6. The molecule has 0 aliphatic rings. The Balaban J connectivity index is -0.0000000524. The van der Waals surface area contributed by atoms with E-state index in [2.05, 4.69) is 12.9 Å². The molecule has 0 aliphatic carbocycles. The first-order valence-electron chi connectivity index (χ1n) is 4.38. The first kappa shape index (κ1) is 52.6. The van der Waals surface area contributed by atoms with Crippen molar-refractivity contribution in [3.8, 4) is 0 Å². The Bertz CT molecular complexity index is 559. The van der Waals surface area contributed by atoms with Crippen LogP contribution in [-0.2, 0) is 171 Å². The molecule has 0 radical (unpaired) electrons. The Kier molecular flexibility index (Phi) is 35.8. The van der Waals surface area contributed by atoms with Crippen molar-refractivity contribution in [2.75, 3.05) is 0 Å².